The van der Waals surface area contributed by atoms with E-state index in [1.54, 1.807) is 0 Å². The highest BCUT2D eigenvalue weighted by molar-refractivity contribution is 5.38. The molecule has 0 saturated heterocycles. The molecule has 2 nitrogen and oxygen atoms in total. The molecule has 0 bridgehead atoms. The zero-order chi connectivity index (χ0) is 8.65. The van der Waals surface area contributed by atoms with Crippen LogP contribution in [0.4, 0.5) is 5.69 Å². The van der Waals surface area contributed by atoms with Crippen LogP contribution in [0, 0.1) is 0 Å². The summed E-state index contributed by atoms with van der Waals surface area (Å²) in [5.74, 6) is 5.27. The number of hydrogen-bond donors (Lipinski definition) is 2. The van der Waals surface area contributed by atoms with E-state index in [4.69, 9.17) is 5.84 Å². The molecule has 1 aromatic rings. The van der Waals surface area contributed by atoms with Gasteiger partial charge in [-0.2, -0.15) is 0 Å². The molecule has 1 aromatic carbocycles. The topological polar surface area (TPSA) is 38.0 Å². The van der Waals surface area contributed by atoms with E-state index in [2.05, 4.69) is 5.43 Å². The van der Waals surface area contributed by atoms with Crippen LogP contribution < -0.4 is 11.3 Å². The Hall–Kier alpha value is -1.54. The van der Waals surface area contributed by atoms with Crippen molar-refractivity contribution in [2.75, 3.05) is 5.43 Å². The fourth-order valence-electron chi connectivity index (χ4n) is 0.791. The van der Waals surface area contributed by atoms with Gasteiger partial charge in [0.05, 0.1) is 0 Å². The molecular formula is C10H12N2. The van der Waals surface area contributed by atoms with E-state index in [1.165, 1.54) is 0 Å². The van der Waals surface area contributed by atoms with Gasteiger partial charge in [-0.05, 0) is 12.1 Å². The first kappa shape index (κ1) is 8.56. The largest absolute Gasteiger partial charge is 0.324 e. The lowest BCUT2D eigenvalue weighted by molar-refractivity contribution is 1.36. The van der Waals surface area contributed by atoms with Gasteiger partial charge in [0.1, 0.15) is 0 Å². The lowest BCUT2D eigenvalue weighted by Gasteiger charge is -1.92. The molecular weight excluding hydrogens is 148 g/mol. The summed E-state index contributed by atoms with van der Waals surface area (Å²) >= 11 is 0. The first-order chi connectivity index (χ1) is 5.93. The molecule has 62 valence electrons. The highest BCUT2D eigenvalue weighted by Gasteiger charge is 1.76. The van der Waals surface area contributed by atoms with Crippen LogP contribution in [0.5, 0.6) is 0 Å². The predicted octanol–water partition coefficient (Wildman–Crippen LogP) is 2.10. The number of anilines is 1. The Balaban J connectivity index is 3.07. The molecule has 0 saturated carbocycles. The molecule has 1 rings (SSSR count). The van der Waals surface area contributed by atoms with E-state index < -0.39 is 0 Å². The predicted molar refractivity (Wildman–Crippen MR) is 51.9 cm³/mol. The third-order valence-corrected chi connectivity index (χ3v) is 1.38. The maximum absolute atomic E-state index is 5.27. The van der Waals surface area contributed by atoms with Gasteiger partial charge in [-0.3, -0.25) is 5.84 Å². The van der Waals surface area contributed by atoms with E-state index in [1.807, 2.05) is 54.6 Å². The van der Waals surface area contributed by atoms with Crippen LogP contribution in [0.3, 0.4) is 0 Å². The summed E-state index contributed by atoms with van der Waals surface area (Å²) in [4.78, 5) is 0. The van der Waals surface area contributed by atoms with E-state index in [9.17, 15) is 0 Å². The lowest BCUT2D eigenvalue weighted by atomic mass is 10.3. The molecule has 0 radical (unpaired) electrons. The smallest absolute Gasteiger partial charge is 0.0485 e. The van der Waals surface area contributed by atoms with Gasteiger partial charge in [-0.15, -0.1) is 0 Å². The minimum absolute atomic E-state index is 0.881. The molecule has 0 amide bonds. The van der Waals surface area contributed by atoms with Gasteiger partial charge in [-0.1, -0.05) is 42.5 Å². The SMILES string of the molecule is NNc1ccccccccc1. The quantitative estimate of drug-likeness (QED) is 0.487. The van der Waals surface area contributed by atoms with Crippen LogP contribution in [-0.2, 0) is 0 Å². The minimum atomic E-state index is 0.881. The van der Waals surface area contributed by atoms with Crippen molar-refractivity contribution < 1.29 is 0 Å². The highest BCUT2D eigenvalue weighted by atomic mass is 15.2. The van der Waals surface area contributed by atoms with Crippen molar-refractivity contribution in [1.29, 1.82) is 0 Å². The molecule has 0 aliphatic rings. The number of nitrogens with one attached hydrogen (secondary N) is 1. The average molecular weight is 160 g/mol. The van der Waals surface area contributed by atoms with Crippen molar-refractivity contribution in [3.8, 4) is 0 Å². The molecule has 0 heterocycles. The van der Waals surface area contributed by atoms with Gasteiger partial charge in [0.2, 0.25) is 0 Å². The second-order valence-electron chi connectivity index (χ2n) is 2.28. The number of nitrogens with two attached hydrogens (primary N) is 1. The summed E-state index contributed by atoms with van der Waals surface area (Å²) in [5.41, 5.74) is 3.47. The van der Waals surface area contributed by atoms with Crippen LogP contribution in [0.1, 0.15) is 0 Å². The highest BCUT2D eigenvalue weighted by Crippen LogP contribution is 1.98. The summed E-state index contributed by atoms with van der Waals surface area (Å²) in [6, 6.07) is 17.4. The Morgan fingerprint density at radius 3 is 1.58 bits per heavy atom. The number of hydrazine groups is 1. The summed E-state index contributed by atoms with van der Waals surface area (Å²) in [6.45, 7) is 0. The van der Waals surface area contributed by atoms with Gasteiger partial charge in [-0.25, -0.2) is 0 Å². The van der Waals surface area contributed by atoms with Crippen LogP contribution in [0.2, 0.25) is 0 Å². The Morgan fingerprint density at radius 1 is 0.750 bits per heavy atom. The lowest BCUT2D eigenvalue weighted by Crippen LogP contribution is -2.05. The van der Waals surface area contributed by atoms with Gasteiger partial charge >= 0.3 is 0 Å². The van der Waals surface area contributed by atoms with Crippen molar-refractivity contribution in [1.82, 2.24) is 0 Å². The summed E-state index contributed by atoms with van der Waals surface area (Å²) < 4.78 is 0. The third-order valence-electron chi connectivity index (χ3n) is 1.38. The fraction of sp³-hybridized carbons (Fsp3) is 0. The maximum Gasteiger partial charge on any atom is 0.0485 e. The second kappa shape index (κ2) is 5.16. The molecule has 0 aliphatic heterocycles. The molecule has 0 atom stereocenters. The molecule has 0 unspecified atom stereocenters. The normalized spacial score (nSPS) is 8.42. The number of rotatable bonds is 1. The Bertz CT molecular complexity index is 258. The van der Waals surface area contributed by atoms with Crippen LogP contribution in [0.25, 0.3) is 0 Å². The summed E-state index contributed by atoms with van der Waals surface area (Å²) in [5, 5.41) is 0. The van der Waals surface area contributed by atoms with Gasteiger partial charge < -0.3 is 5.43 Å². The van der Waals surface area contributed by atoms with E-state index in [0.29, 0.717) is 0 Å². The van der Waals surface area contributed by atoms with E-state index in [0.717, 1.165) is 5.69 Å². The summed E-state index contributed by atoms with van der Waals surface area (Å²) in [6.07, 6.45) is 0. The zero-order valence-corrected chi connectivity index (χ0v) is 6.77. The minimum Gasteiger partial charge on any atom is -0.324 e. The van der Waals surface area contributed by atoms with Gasteiger partial charge in [0.25, 0.3) is 0 Å². The van der Waals surface area contributed by atoms with E-state index >= 15 is 0 Å². The standard InChI is InChI=1S/C10H12N2/c11-12-10-8-6-4-2-1-3-5-7-9-10/h1-9,12H,11H2. The fourth-order valence-corrected chi connectivity index (χ4v) is 0.791. The molecule has 12 heavy (non-hydrogen) atoms. The van der Waals surface area contributed by atoms with Crippen molar-refractivity contribution in [2.45, 2.75) is 0 Å². The Kier molecular flexibility index (Phi) is 3.68. The average Bonchev–Trinajstić information content (AvgIpc) is 2.14. The molecule has 2 heteroatoms. The van der Waals surface area contributed by atoms with Crippen molar-refractivity contribution in [2.24, 2.45) is 5.84 Å². The van der Waals surface area contributed by atoms with E-state index in [-0.39, 0.29) is 0 Å². The molecule has 0 aliphatic carbocycles. The van der Waals surface area contributed by atoms with Crippen molar-refractivity contribution in [3.05, 3.63) is 54.6 Å². The summed E-state index contributed by atoms with van der Waals surface area (Å²) in [7, 11) is 0. The molecule has 3 N–H and O–H groups in total. The number of hydrogen-bond acceptors (Lipinski definition) is 2. The molecule has 0 aromatic heterocycles. The maximum atomic E-state index is 5.27. The van der Waals surface area contributed by atoms with Crippen LogP contribution >= 0.6 is 0 Å². The Labute approximate surface area is 72.3 Å². The van der Waals surface area contributed by atoms with Crippen molar-refractivity contribution >= 4 is 5.69 Å². The first-order valence-corrected chi connectivity index (χ1v) is 3.78. The third kappa shape index (κ3) is 3.03. The van der Waals surface area contributed by atoms with Crippen LogP contribution in [0.15, 0.2) is 54.6 Å². The van der Waals surface area contributed by atoms with Gasteiger partial charge in [0, 0.05) is 5.69 Å². The zero-order valence-electron chi connectivity index (χ0n) is 6.77. The molecule has 0 fully saturated rings. The number of nitrogen functional groups attached to an aromatic ring is 1. The van der Waals surface area contributed by atoms with Gasteiger partial charge in [0.15, 0.2) is 0 Å². The van der Waals surface area contributed by atoms with Crippen molar-refractivity contribution in [3.63, 3.8) is 0 Å². The Morgan fingerprint density at radius 2 is 1.17 bits per heavy atom. The first-order valence-electron chi connectivity index (χ1n) is 3.78. The monoisotopic (exact) mass is 160 g/mol. The molecule has 0 spiro atoms. The second-order valence-corrected chi connectivity index (χ2v) is 2.28. The van der Waals surface area contributed by atoms with Crippen LogP contribution in [-0.4, -0.2) is 0 Å².